The van der Waals surface area contributed by atoms with Crippen LogP contribution in [0.2, 0.25) is 0 Å². The first-order chi connectivity index (χ1) is 17.5. The average molecular weight is 606 g/mol. The van der Waals surface area contributed by atoms with Gasteiger partial charge in [-0.3, -0.25) is 18.5 Å². The molecule has 1 aliphatic rings. The summed E-state index contributed by atoms with van der Waals surface area (Å²) in [6.45, 7) is -1.27. The summed E-state index contributed by atoms with van der Waals surface area (Å²) >= 11 is 0. The van der Waals surface area contributed by atoms with Gasteiger partial charge in [-0.25, -0.2) is 22.9 Å². The number of phosphoric ester groups is 1. The summed E-state index contributed by atoms with van der Waals surface area (Å²) in [5, 5.41) is 20.6. The number of phosphoric acid groups is 3. The fourth-order valence-electron chi connectivity index (χ4n) is 3.43. The smallest absolute Gasteiger partial charge is 0.387 e. The molecule has 21 heteroatoms. The van der Waals surface area contributed by atoms with E-state index in [2.05, 4.69) is 13.1 Å². The molecule has 2 unspecified atom stereocenters. The third-order valence-corrected chi connectivity index (χ3v) is 8.84. The maximum Gasteiger partial charge on any atom is 0.490 e. The van der Waals surface area contributed by atoms with Crippen LogP contribution < -0.4 is 11.2 Å². The van der Waals surface area contributed by atoms with Crippen LogP contribution in [0.3, 0.4) is 0 Å². The largest absolute Gasteiger partial charge is 0.490 e. The quantitative estimate of drug-likeness (QED) is 0.174. The second kappa shape index (κ2) is 11.7. The zero-order valence-electron chi connectivity index (χ0n) is 18.9. The number of rotatable bonds is 11. The van der Waals surface area contributed by atoms with Crippen molar-refractivity contribution in [1.29, 1.82) is 0 Å². The van der Waals surface area contributed by atoms with Crippen molar-refractivity contribution in [3.63, 3.8) is 0 Å². The maximum absolute atomic E-state index is 13.4. The van der Waals surface area contributed by atoms with Crippen molar-refractivity contribution < 1.29 is 65.8 Å². The van der Waals surface area contributed by atoms with E-state index in [-0.39, 0.29) is 13.0 Å². The fraction of sp³-hybridized carbons (Fsp3) is 0.412. The summed E-state index contributed by atoms with van der Waals surface area (Å²) in [6.07, 6.45) is -5.90. The molecule has 38 heavy (non-hydrogen) atoms. The highest BCUT2D eigenvalue weighted by atomic mass is 31.3. The summed E-state index contributed by atoms with van der Waals surface area (Å²) in [7, 11) is -16.9. The Kier molecular flexibility index (Phi) is 9.44. The normalized spacial score (nSPS) is 25.1. The number of benzene rings is 1. The van der Waals surface area contributed by atoms with E-state index in [0.717, 1.165) is 21.4 Å². The third kappa shape index (κ3) is 8.07. The first-order valence-electron chi connectivity index (χ1n) is 10.3. The van der Waals surface area contributed by atoms with Crippen LogP contribution in [0.4, 0.5) is 4.39 Å². The van der Waals surface area contributed by atoms with Gasteiger partial charge in [0.05, 0.1) is 6.61 Å². The molecular formula is C17H22FN2O15P3. The molecule has 1 fully saturated rings. The van der Waals surface area contributed by atoms with Gasteiger partial charge in [-0.05, 0) is 24.1 Å². The van der Waals surface area contributed by atoms with E-state index in [1.54, 1.807) is 6.07 Å². The van der Waals surface area contributed by atoms with Crippen molar-refractivity contribution >= 4 is 23.5 Å². The van der Waals surface area contributed by atoms with E-state index in [4.69, 9.17) is 14.5 Å². The number of aryl methyl sites for hydroxylation is 1. The molecule has 1 aliphatic heterocycles. The molecule has 1 saturated heterocycles. The van der Waals surface area contributed by atoms with Gasteiger partial charge in [0, 0.05) is 18.8 Å². The van der Waals surface area contributed by atoms with Crippen LogP contribution in [0, 0.1) is 5.82 Å². The number of halogens is 1. The molecule has 3 rings (SSSR count). The van der Waals surface area contributed by atoms with Gasteiger partial charge in [0.2, 0.25) is 0 Å². The highest BCUT2D eigenvalue weighted by Crippen LogP contribution is 2.66. The Morgan fingerprint density at radius 3 is 2.29 bits per heavy atom. The number of ether oxygens (including phenoxy) is 1. The van der Waals surface area contributed by atoms with E-state index < -0.39 is 71.7 Å². The number of hydrogen-bond acceptors (Lipinski definition) is 11. The lowest BCUT2D eigenvalue weighted by Gasteiger charge is -2.19. The molecule has 0 amide bonds. The molecule has 2 heterocycles. The average Bonchev–Trinajstić information content (AvgIpc) is 3.04. The van der Waals surface area contributed by atoms with Crippen LogP contribution >= 0.6 is 23.5 Å². The summed E-state index contributed by atoms with van der Waals surface area (Å²) in [6, 6.07) is 6.43. The zero-order chi connectivity index (χ0) is 28.5. The summed E-state index contributed by atoms with van der Waals surface area (Å²) < 4.78 is 65.7. The molecule has 0 radical (unpaired) electrons. The standard InChI is InChI=1S/C17H22FN2O15P3/c18-11-3-1-2-10(8-11)4-6-19-13(21)5-7-20(17(19)24)16-15(23)14(22)12(33-16)9-32-37(28,29)35-38(30,31)34-36(25,26)27/h1-3,5,7-8,12,14-16,22-23H,4,6,9H2,(H,28,29)(H,30,31)(H2,25,26,27)/t12-,14+,15+,16-/m1/s1. The lowest BCUT2D eigenvalue weighted by atomic mass is 10.1. The summed E-state index contributed by atoms with van der Waals surface area (Å²) in [5.41, 5.74) is -1.20. The van der Waals surface area contributed by atoms with E-state index in [1.807, 2.05) is 0 Å². The molecule has 6 atom stereocenters. The van der Waals surface area contributed by atoms with Crippen LogP contribution in [-0.4, -0.2) is 63.8 Å². The minimum Gasteiger partial charge on any atom is -0.387 e. The topological polar surface area (TPSA) is 254 Å². The second-order valence-corrected chi connectivity index (χ2v) is 12.2. The van der Waals surface area contributed by atoms with E-state index >= 15 is 0 Å². The maximum atomic E-state index is 13.4. The van der Waals surface area contributed by atoms with Gasteiger partial charge >= 0.3 is 29.2 Å². The lowest BCUT2D eigenvalue weighted by Crippen LogP contribution is -2.43. The van der Waals surface area contributed by atoms with Crippen molar-refractivity contribution in [2.45, 2.75) is 37.5 Å². The van der Waals surface area contributed by atoms with Crippen LogP contribution in [0.1, 0.15) is 11.8 Å². The minimum atomic E-state index is -5.79. The van der Waals surface area contributed by atoms with Crippen molar-refractivity contribution in [2.24, 2.45) is 0 Å². The molecule has 0 saturated carbocycles. The predicted molar refractivity (Wildman–Crippen MR) is 121 cm³/mol. The van der Waals surface area contributed by atoms with Crippen LogP contribution in [0.5, 0.6) is 0 Å². The number of aliphatic hydroxyl groups is 2. The molecule has 212 valence electrons. The van der Waals surface area contributed by atoms with Gasteiger partial charge in [0.15, 0.2) is 6.23 Å². The van der Waals surface area contributed by atoms with E-state index in [0.29, 0.717) is 5.56 Å². The highest BCUT2D eigenvalue weighted by molar-refractivity contribution is 7.66. The van der Waals surface area contributed by atoms with Gasteiger partial charge in [0.25, 0.3) is 5.56 Å². The fourth-order valence-corrected chi connectivity index (χ4v) is 6.46. The van der Waals surface area contributed by atoms with Gasteiger partial charge in [0.1, 0.15) is 24.1 Å². The van der Waals surface area contributed by atoms with Crippen LogP contribution in [0.15, 0.2) is 46.1 Å². The lowest BCUT2D eigenvalue weighted by molar-refractivity contribution is -0.0548. The Balaban J connectivity index is 1.72. The van der Waals surface area contributed by atoms with Crippen molar-refractivity contribution in [2.75, 3.05) is 6.61 Å². The third-order valence-electron chi connectivity index (χ3n) is 5.04. The number of nitrogens with zero attached hydrogens (tertiary/aromatic N) is 2. The van der Waals surface area contributed by atoms with Crippen molar-refractivity contribution in [1.82, 2.24) is 9.13 Å². The molecular weight excluding hydrogens is 584 g/mol. The van der Waals surface area contributed by atoms with Crippen LogP contribution in [-0.2, 0) is 44.5 Å². The van der Waals surface area contributed by atoms with E-state index in [9.17, 15) is 47.7 Å². The van der Waals surface area contributed by atoms with Crippen LogP contribution in [0.25, 0.3) is 0 Å². The molecule has 0 spiro atoms. The molecule has 6 N–H and O–H groups in total. The number of aromatic nitrogens is 2. The van der Waals surface area contributed by atoms with Crippen molar-refractivity contribution in [3.05, 3.63) is 68.7 Å². The SMILES string of the molecule is O=c1ccn([C@@H]2O[C@H](COP(=O)(O)OP(=O)(O)OP(=O)(O)O)[C@H](O)[C@@H]2O)c(=O)n1CCc1cccc(F)c1. The molecule has 1 aromatic heterocycles. The van der Waals surface area contributed by atoms with Crippen molar-refractivity contribution in [3.8, 4) is 0 Å². The Morgan fingerprint density at radius 2 is 1.66 bits per heavy atom. The van der Waals surface area contributed by atoms with Gasteiger partial charge in [-0.2, -0.15) is 8.62 Å². The molecule has 0 bridgehead atoms. The first kappa shape index (κ1) is 30.7. The number of hydrogen-bond donors (Lipinski definition) is 6. The molecule has 17 nitrogen and oxygen atoms in total. The Labute approximate surface area is 211 Å². The van der Waals surface area contributed by atoms with Gasteiger partial charge < -0.3 is 34.5 Å². The molecule has 2 aromatic rings. The minimum absolute atomic E-state index is 0.0936. The number of aliphatic hydroxyl groups excluding tert-OH is 2. The predicted octanol–water partition coefficient (Wildman–Crippen LogP) is -0.646. The Bertz CT molecular complexity index is 1420. The van der Waals surface area contributed by atoms with Gasteiger partial charge in [-0.15, -0.1) is 0 Å². The van der Waals surface area contributed by atoms with Gasteiger partial charge in [-0.1, -0.05) is 12.1 Å². The first-order valence-corrected chi connectivity index (χ1v) is 14.9. The monoisotopic (exact) mass is 606 g/mol. The summed E-state index contributed by atoms with van der Waals surface area (Å²) in [5.74, 6) is -0.515. The highest BCUT2D eigenvalue weighted by Gasteiger charge is 2.46. The summed E-state index contributed by atoms with van der Waals surface area (Å²) in [4.78, 5) is 61.0. The second-order valence-electron chi connectivity index (χ2n) is 7.81. The van der Waals surface area contributed by atoms with E-state index in [1.165, 1.54) is 18.2 Å². The zero-order valence-corrected chi connectivity index (χ0v) is 21.5. The Morgan fingerprint density at radius 1 is 0.974 bits per heavy atom. The molecule has 0 aliphatic carbocycles. The Hall–Kier alpha value is -1.88. The molecule has 1 aromatic carbocycles.